The minimum absolute atomic E-state index is 0.136. The predicted molar refractivity (Wildman–Crippen MR) is 152 cm³/mol. The molecule has 1 N–H and O–H groups in total. The lowest BCUT2D eigenvalue weighted by atomic mass is 9.83. The van der Waals surface area contributed by atoms with Crippen molar-refractivity contribution in [1.82, 2.24) is 19.5 Å². The number of benzene rings is 2. The molecule has 0 saturated heterocycles. The lowest BCUT2D eigenvalue weighted by Crippen LogP contribution is -2.31. The van der Waals surface area contributed by atoms with Gasteiger partial charge in [0, 0.05) is 50.5 Å². The molecule has 1 unspecified atom stereocenters. The summed E-state index contributed by atoms with van der Waals surface area (Å²) in [5.74, 6) is 0.660. The fourth-order valence-electron chi connectivity index (χ4n) is 4.85. The van der Waals surface area contributed by atoms with Gasteiger partial charge < -0.3 is 19.3 Å². The maximum absolute atomic E-state index is 13.3. The van der Waals surface area contributed by atoms with Gasteiger partial charge in [0.15, 0.2) is 5.60 Å². The summed E-state index contributed by atoms with van der Waals surface area (Å²) in [7, 11) is 5.23. The molecule has 0 amide bonds. The highest BCUT2D eigenvalue weighted by Crippen LogP contribution is 2.43. The van der Waals surface area contributed by atoms with E-state index in [0.717, 1.165) is 17.8 Å². The number of imidazole rings is 1. The van der Waals surface area contributed by atoms with Crippen LogP contribution in [-0.4, -0.2) is 51.9 Å². The van der Waals surface area contributed by atoms with E-state index in [0.29, 0.717) is 51.7 Å². The Bertz CT molecular complexity index is 1680. The molecule has 212 valence electrons. The summed E-state index contributed by atoms with van der Waals surface area (Å²) >= 11 is 7.12. The summed E-state index contributed by atoms with van der Waals surface area (Å²) in [6, 6.07) is 16.8. The number of alkyl halides is 3. The Morgan fingerprint density at radius 1 is 1.02 bits per heavy atom. The Hall–Kier alpha value is -3.99. The Labute approximate surface area is 239 Å². The van der Waals surface area contributed by atoms with Crippen LogP contribution in [0.1, 0.15) is 22.5 Å². The lowest BCUT2D eigenvalue weighted by molar-refractivity contribution is -0.141. The van der Waals surface area contributed by atoms with E-state index in [1.54, 1.807) is 36.9 Å². The average molecular weight is 582 g/mol. The fourth-order valence-corrected chi connectivity index (χ4v) is 5.20. The number of hydrogen-bond acceptors (Lipinski definition) is 6. The zero-order valence-corrected chi connectivity index (χ0v) is 23.3. The molecule has 2 aromatic carbocycles. The van der Waals surface area contributed by atoms with Crippen molar-refractivity contribution in [2.75, 3.05) is 32.2 Å². The molecule has 0 aliphatic carbocycles. The molecule has 0 aliphatic rings. The van der Waals surface area contributed by atoms with Crippen molar-refractivity contribution in [2.24, 2.45) is 7.05 Å². The molecule has 5 aromatic rings. The topological polar surface area (TPSA) is 76.3 Å². The molecule has 0 aliphatic heterocycles. The third kappa shape index (κ3) is 5.26. The largest absolute Gasteiger partial charge is 0.433 e. The summed E-state index contributed by atoms with van der Waals surface area (Å²) in [6.07, 6.45) is -0.621. The second-order valence-corrected chi connectivity index (χ2v) is 10.0. The molecule has 3 aromatic heterocycles. The van der Waals surface area contributed by atoms with Crippen LogP contribution in [0.3, 0.4) is 0 Å². The molecule has 7 nitrogen and oxygen atoms in total. The molecule has 0 fully saturated rings. The number of rotatable bonds is 8. The Morgan fingerprint density at radius 3 is 2.37 bits per heavy atom. The molecular weight excluding hydrogens is 555 g/mol. The SMILES string of the molecule is COCCN(C)c1nc2ccc(C(O)(c3ccc(C(F)(F)F)nc3)c3cncn3C)cc2c(Cl)c1-c1ccccc1. The van der Waals surface area contributed by atoms with Crippen LogP contribution in [0.4, 0.5) is 19.0 Å². The summed E-state index contributed by atoms with van der Waals surface area (Å²) in [5.41, 5.74) is 0.00588. The quantitative estimate of drug-likeness (QED) is 0.240. The van der Waals surface area contributed by atoms with Gasteiger partial charge >= 0.3 is 6.18 Å². The van der Waals surface area contributed by atoms with Gasteiger partial charge in [0.2, 0.25) is 0 Å². The van der Waals surface area contributed by atoms with Crippen molar-refractivity contribution >= 4 is 28.3 Å². The maximum Gasteiger partial charge on any atom is 0.433 e. The third-order valence-corrected chi connectivity index (χ3v) is 7.43. The fraction of sp³-hybridized carbons (Fsp3) is 0.233. The zero-order chi connectivity index (χ0) is 29.4. The molecule has 0 spiro atoms. The van der Waals surface area contributed by atoms with Gasteiger partial charge in [-0.05, 0) is 29.3 Å². The van der Waals surface area contributed by atoms with Gasteiger partial charge in [-0.2, -0.15) is 13.2 Å². The number of aromatic nitrogens is 4. The van der Waals surface area contributed by atoms with Gasteiger partial charge in [0.1, 0.15) is 11.5 Å². The van der Waals surface area contributed by atoms with E-state index in [1.165, 1.54) is 18.6 Å². The molecule has 11 heteroatoms. The molecular formula is C30H27ClF3N5O2. The molecule has 0 radical (unpaired) electrons. The number of hydrogen-bond donors (Lipinski definition) is 1. The highest BCUT2D eigenvalue weighted by Gasteiger charge is 2.39. The number of ether oxygens (including phenoxy) is 1. The van der Waals surface area contributed by atoms with Crippen LogP contribution in [0, 0.1) is 0 Å². The second kappa shape index (κ2) is 11.1. The van der Waals surface area contributed by atoms with Crippen LogP contribution < -0.4 is 4.90 Å². The Balaban J connectivity index is 1.74. The summed E-state index contributed by atoms with van der Waals surface area (Å²) in [4.78, 5) is 14.6. The highest BCUT2D eigenvalue weighted by molar-refractivity contribution is 6.38. The minimum Gasteiger partial charge on any atom is -0.383 e. The highest BCUT2D eigenvalue weighted by atomic mass is 35.5. The normalized spacial score (nSPS) is 13.4. The van der Waals surface area contributed by atoms with Crippen molar-refractivity contribution in [3.8, 4) is 11.1 Å². The standard InChI is InChI=1S/C30H27ClF3N5O2/c1-38(13-14-41-3)28-26(19-7-5-4-6-8-19)27(31)22-15-20(9-11-23(22)37-28)29(40,25-17-35-18-39(25)2)21-10-12-24(36-16-21)30(32,33)34/h4-12,15-18,40H,13-14H2,1-3H3. The van der Waals surface area contributed by atoms with Crippen molar-refractivity contribution in [2.45, 2.75) is 11.8 Å². The van der Waals surface area contributed by atoms with Crippen molar-refractivity contribution in [1.29, 1.82) is 0 Å². The van der Waals surface area contributed by atoms with E-state index in [9.17, 15) is 18.3 Å². The van der Waals surface area contributed by atoms with Gasteiger partial charge in [-0.25, -0.2) is 9.97 Å². The first-order valence-electron chi connectivity index (χ1n) is 12.7. The van der Waals surface area contributed by atoms with E-state index < -0.39 is 17.5 Å². The molecule has 41 heavy (non-hydrogen) atoms. The van der Waals surface area contributed by atoms with Crippen LogP contribution in [0.2, 0.25) is 5.02 Å². The first-order valence-corrected chi connectivity index (χ1v) is 13.1. The van der Waals surface area contributed by atoms with Crippen molar-refractivity contribution in [3.63, 3.8) is 0 Å². The van der Waals surface area contributed by atoms with Gasteiger partial charge in [-0.15, -0.1) is 0 Å². The van der Waals surface area contributed by atoms with E-state index in [1.807, 2.05) is 42.3 Å². The number of methoxy groups -OCH3 is 1. The monoisotopic (exact) mass is 581 g/mol. The van der Waals surface area contributed by atoms with Crippen molar-refractivity contribution in [3.05, 3.63) is 107 Å². The second-order valence-electron chi connectivity index (χ2n) is 9.67. The van der Waals surface area contributed by atoms with Gasteiger partial charge in [0.25, 0.3) is 0 Å². The Morgan fingerprint density at radius 2 is 1.76 bits per heavy atom. The van der Waals surface area contributed by atoms with Crippen molar-refractivity contribution < 1.29 is 23.0 Å². The van der Waals surface area contributed by atoms with Gasteiger partial charge in [-0.3, -0.25) is 4.98 Å². The number of anilines is 1. The number of halogens is 4. The molecule has 0 bridgehead atoms. The van der Waals surface area contributed by atoms with Crippen LogP contribution >= 0.6 is 11.6 Å². The number of nitrogens with zero attached hydrogens (tertiary/aromatic N) is 5. The lowest BCUT2D eigenvalue weighted by Gasteiger charge is -2.30. The predicted octanol–water partition coefficient (Wildman–Crippen LogP) is 6.07. The number of aliphatic hydroxyl groups is 1. The number of aryl methyl sites for hydroxylation is 1. The number of likely N-dealkylation sites (N-methyl/N-ethyl adjacent to an activating group) is 1. The smallest absolute Gasteiger partial charge is 0.383 e. The van der Waals surface area contributed by atoms with E-state index in [-0.39, 0.29) is 5.56 Å². The van der Waals surface area contributed by atoms with Crippen LogP contribution in [-0.2, 0) is 23.6 Å². The van der Waals surface area contributed by atoms with Crippen LogP contribution in [0.25, 0.3) is 22.0 Å². The maximum atomic E-state index is 13.3. The molecule has 3 heterocycles. The first-order chi connectivity index (χ1) is 19.6. The third-order valence-electron chi connectivity index (χ3n) is 7.03. The van der Waals surface area contributed by atoms with Crippen LogP contribution in [0.5, 0.6) is 0 Å². The Kier molecular flexibility index (Phi) is 7.74. The van der Waals surface area contributed by atoms with E-state index >= 15 is 0 Å². The molecule has 5 rings (SSSR count). The minimum atomic E-state index is -4.62. The van der Waals surface area contributed by atoms with Gasteiger partial charge in [-0.1, -0.05) is 54.1 Å². The van der Waals surface area contributed by atoms with Crippen LogP contribution in [0.15, 0.2) is 79.4 Å². The molecule has 0 saturated carbocycles. The summed E-state index contributed by atoms with van der Waals surface area (Å²) in [5, 5.41) is 13.3. The average Bonchev–Trinajstić information content (AvgIpc) is 3.41. The van der Waals surface area contributed by atoms with Gasteiger partial charge in [0.05, 0.1) is 35.4 Å². The van der Waals surface area contributed by atoms with E-state index in [4.69, 9.17) is 21.3 Å². The van der Waals surface area contributed by atoms with E-state index in [2.05, 4.69) is 9.97 Å². The summed E-state index contributed by atoms with van der Waals surface area (Å²) < 4.78 is 46.6. The number of pyridine rings is 2. The first kappa shape index (κ1) is 28.5. The molecule has 1 atom stereocenters. The zero-order valence-electron chi connectivity index (χ0n) is 22.5. The summed E-state index contributed by atoms with van der Waals surface area (Å²) in [6.45, 7) is 1.06. The number of fused-ring (bicyclic) bond motifs is 1.